The lowest BCUT2D eigenvalue weighted by molar-refractivity contribution is -0.127. The van der Waals surface area contributed by atoms with Crippen molar-refractivity contribution in [2.45, 2.75) is 38.8 Å². The Morgan fingerprint density at radius 2 is 1.84 bits per heavy atom. The van der Waals surface area contributed by atoms with E-state index in [2.05, 4.69) is 28.1 Å². The van der Waals surface area contributed by atoms with Gasteiger partial charge in [-0.3, -0.25) is 4.79 Å². The molecule has 1 saturated heterocycles. The zero-order valence-electron chi connectivity index (χ0n) is 17.4. The third-order valence-corrected chi connectivity index (χ3v) is 6.87. The van der Waals surface area contributed by atoms with Gasteiger partial charge in [-0.15, -0.1) is 0 Å². The fourth-order valence-corrected chi connectivity index (χ4v) is 5.00. The first-order valence-corrected chi connectivity index (χ1v) is 10.8. The monoisotopic (exact) mass is 477 g/mol. The molecule has 4 nitrogen and oxygen atoms in total. The van der Waals surface area contributed by atoms with Gasteiger partial charge in [0, 0.05) is 17.0 Å². The van der Waals surface area contributed by atoms with Gasteiger partial charge in [-0.05, 0) is 45.3 Å². The maximum atomic E-state index is 14.5. The first-order chi connectivity index (χ1) is 14.7. The molecule has 2 aliphatic rings. The number of ketones is 1. The Labute approximate surface area is 189 Å². The second kappa shape index (κ2) is 7.32. The van der Waals surface area contributed by atoms with Crippen LogP contribution in [0.15, 0.2) is 53.0 Å². The van der Waals surface area contributed by atoms with Gasteiger partial charge < -0.3 is 4.90 Å². The number of fused-ring (bicyclic) bond motifs is 3. The molecular formula is C25H21BrFN3O. The molecular weight excluding hydrogens is 457 g/mol. The number of halogens is 2. The number of rotatable bonds is 2. The number of carbonyl (C=O) groups excluding carboxylic acids is 1. The summed E-state index contributed by atoms with van der Waals surface area (Å²) in [4.78, 5) is 15.7. The predicted molar refractivity (Wildman–Crippen MR) is 120 cm³/mol. The Morgan fingerprint density at radius 1 is 1.16 bits per heavy atom. The number of anilines is 1. The highest BCUT2D eigenvalue weighted by atomic mass is 79.9. The predicted octanol–water partition coefficient (Wildman–Crippen LogP) is 5.60. The third-order valence-electron chi connectivity index (χ3n) is 6.23. The van der Waals surface area contributed by atoms with Crippen molar-refractivity contribution in [2.75, 3.05) is 4.90 Å². The van der Waals surface area contributed by atoms with Gasteiger partial charge in [0.1, 0.15) is 5.82 Å². The van der Waals surface area contributed by atoms with E-state index in [0.717, 1.165) is 11.3 Å². The minimum absolute atomic E-state index is 0.0942. The maximum absolute atomic E-state index is 14.5. The molecule has 2 aromatic rings. The van der Waals surface area contributed by atoms with Gasteiger partial charge >= 0.3 is 0 Å². The summed E-state index contributed by atoms with van der Waals surface area (Å²) in [5.41, 5.74) is -0.105. The SMILES string of the molecule is CC(C)(C)C(=O)C1C(c2ccc(Br)c(F)c2)C(C#N)(C#N)C2C=Cc3ccccc3N12. The van der Waals surface area contributed by atoms with Crippen molar-refractivity contribution in [1.29, 1.82) is 10.5 Å². The number of nitrogens with zero attached hydrogens (tertiary/aromatic N) is 3. The van der Waals surface area contributed by atoms with Crippen LogP contribution in [0.4, 0.5) is 10.1 Å². The number of nitriles is 2. The van der Waals surface area contributed by atoms with Crippen LogP contribution in [0.5, 0.6) is 0 Å². The minimum Gasteiger partial charge on any atom is -0.351 e. The Kier molecular flexibility index (Phi) is 5.03. The molecule has 0 aromatic heterocycles. The molecule has 0 N–H and O–H groups in total. The molecule has 6 heteroatoms. The van der Waals surface area contributed by atoms with Crippen LogP contribution in [0.2, 0.25) is 0 Å². The van der Waals surface area contributed by atoms with E-state index >= 15 is 0 Å². The van der Waals surface area contributed by atoms with Crippen LogP contribution < -0.4 is 4.90 Å². The van der Waals surface area contributed by atoms with Crippen molar-refractivity contribution in [3.8, 4) is 12.1 Å². The van der Waals surface area contributed by atoms with Gasteiger partial charge in [0.2, 0.25) is 0 Å². The van der Waals surface area contributed by atoms with E-state index in [1.807, 2.05) is 62.1 Å². The first-order valence-electron chi connectivity index (χ1n) is 10.0. The van der Waals surface area contributed by atoms with E-state index in [9.17, 15) is 19.7 Å². The second-order valence-electron chi connectivity index (χ2n) is 9.07. The normalized spacial score (nSPS) is 23.5. The highest BCUT2D eigenvalue weighted by molar-refractivity contribution is 9.10. The molecule has 2 aliphatic heterocycles. The van der Waals surface area contributed by atoms with Crippen LogP contribution in [0.1, 0.15) is 37.8 Å². The quantitative estimate of drug-likeness (QED) is 0.563. The lowest BCUT2D eigenvalue weighted by Crippen LogP contribution is -2.47. The van der Waals surface area contributed by atoms with E-state index < -0.39 is 34.6 Å². The van der Waals surface area contributed by atoms with Crippen LogP contribution in [0, 0.1) is 39.3 Å². The van der Waals surface area contributed by atoms with Crippen LogP contribution in [0.25, 0.3) is 6.08 Å². The lowest BCUT2D eigenvalue weighted by atomic mass is 9.68. The highest BCUT2D eigenvalue weighted by Gasteiger charge is 2.64. The summed E-state index contributed by atoms with van der Waals surface area (Å²) in [5.74, 6) is -1.41. The molecule has 0 spiro atoms. The Hall–Kier alpha value is -2.96. The lowest BCUT2D eigenvalue weighted by Gasteiger charge is -2.37. The number of Topliss-reactive ketones (excluding diaryl/α,β-unsaturated/α-hetero) is 1. The van der Waals surface area contributed by atoms with Crippen molar-refractivity contribution >= 4 is 33.5 Å². The van der Waals surface area contributed by atoms with Gasteiger partial charge in [-0.25, -0.2) is 4.39 Å². The fraction of sp³-hybridized carbons (Fsp3) is 0.320. The number of para-hydroxylation sites is 1. The van der Waals surface area contributed by atoms with Crippen molar-refractivity contribution in [3.05, 3.63) is 70.0 Å². The van der Waals surface area contributed by atoms with Gasteiger partial charge in [0.25, 0.3) is 0 Å². The minimum atomic E-state index is -1.56. The van der Waals surface area contributed by atoms with Gasteiger partial charge in [-0.1, -0.05) is 57.2 Å². The largest absolute Gasteiger partial charge is 0.351 e. The number of carbonyl (C=O) groups is 1. The molecule has 2 aromatic carbocycles. The summed E-state index contributed by atoms with van der Waals surface area (Å²) in [6.45, 7) is 5.48. The zero-order valence-corrected chi connectivity index (χ0v) is 19.0. The van der Waals surface area contributed by atoms with Crippen LogP contribution >= 0.6 is 15.9 Å². The van der Waals surface area contributed by atoms with Crippen molar-refractivity contribution < 1.29 is 9.18 Å². The highest BCUT2D eigenvalue weighted by Crippen LogP contribution is 2.56. The summed E-state index contributed by atoms with van der Waals surface area (Å²) in [5, 5.41) is 20.6. The van der Waals surface area contributed by atoms with E-state index in [-0.39, 0.29) is 10.3 Å². The molecule has 4 rings (SSSR count). The summed E-state index contributed by atoms with van der Waals surface area (Å²) < 4.78 is 14.8. The fourth-order valence-electron chi connectivity index (χ4n) is 4.76. The van der Waals surface area contributed by atoms with E-state index in [1.165, 1.54) is 6.07 Å². The van der Waals surface area contributed by atoms with Crippen molar-refractivity contribution in [3.63, 3.8) is 0 Å². The third kappa shape index (κ3) is 3.09. The standard InChI is InChI=1S/C25H21BrFN3O/c1-24(2,3)23(31)22-21(16-8-10-17(26)18(27)12-16)25(13-28,14-29)20-11-9-15-6-4-5-7-19(15)30(20)22/h4-12,20-22H,1-3H3. The van der Waals surface area contributed by atoms with Crippen LogP contribution in [0.3, 0.4) is 0 Å². The summed E-state index contributed by atoms with van der Waals surface area (Å²) >= 11 is 3.17. The van der Waals surface area contributed by atoms with E-state index in [1.54, 1.807) is 12.1 Å². The molecule has 0 radical (unpaired) electrons. The molecule has 3 unspecified atom stereocenters. The average molecular weight is 478 g/mol. The molecule has 3 atom stereocenters. The van der Waals surface area contributed by atoms with Crippen molar-refractivity contribution in [1.82, 2.24) is 0 Å². The number of hydrogen-bond acceptors (Lipinski definition) is 4. The Morgan fingerprint density at radius 3 is 2.45 bits per heavy atom. The Bertz CT molecular complexity index is 1170. The molecule has 0 saturated carbocycles. The number of hydrogen-bond donors (Lipinski definition) is 0. The van der Waals surface area contributed by atoms with Crippen molar-refractivity contribution in [2.24, 2.45) is 10.8 Å². The summed E-state index contributed by atoms with van der Waals surface area (Å²) in [6, 6.07) is 15.2. The molecule has 31 heavy (non-hydrogen) atoms. The van der Waals surface area contributed by atoms with Crippen LogP contribution in [-0.4, -0.2) is 17.9 Å². The average Bonchev–Trinajstić information content (AvgIpc) is 3.05. The van der Waals surface area contributed by atoms with Crippen LogP contribution in [-0.2, 0) is 4.79 Å². The molecule has 2 heterocycles. The molecule has 0 bridgehead atoms. The van der Waals surface area contributed by atoms with E-state index in [4.69, 9.17) is 0 Å². The number of benzene rings is 2. The summed E-state index contributed by atoms with van der Waals surface area (Å²) in [7, 11) is 0. The molecule has 0 amide bonds. The van der Waals surface area contributed by atoms with Gasteiger partial charge in [0.15, 0.2) is 11.2 Å². The zero-order chi connectivity index (χ0) is 22.6. The van der Waals surface area contributed by atoms with Gasteiger partial charge in [0.05, 0.1) is 28.7 Å². The van der Waals surface area contributed by atoms with Gasteiger partial charge in [-0.2, -0.15) is 10.5 Å². The molecule has 1 fully saturated rings. The molecule has 156 valence electrons. The second-order valence-corrected chi connectivity index (χ2v) is 9.93. The molecule has 0 aliphatic carbocycles. The first kappa shape index (κ1) is 21.3. The maximum Gasteiger partial charge on any atom is 0.176 e. The smallest absolute Gasteiger partial charge is 0.176 e. The summed E-state index contributed by atoms with van der Waals surface area (Å²) in [6.07, 6.45) is 3.72. The van der Waals surface area contributed by atoms with E-state index in [0.29, 0.717) is 5.56 Å². The Balaban J connectivity index is 2.04. The topological polar surface area (TPSA) is 67.9 Å².